The molecule has 2 heterocycles. The first-order chi connectivity index (χ1) is 12.1. The number of hydrogen-bond acceptors (Lipinski definition) is 5. The first kappa shape index (κ1) is 18.0. The summed E-state index contributed by atoms with van der Waals surface area (Å²) in [5, 5.41) is 3.05. The Bertz CT molecular complexity index is 869. The van der Waals surface area contributed by atoms with Crippen LogP contribution in [0.5, 0.6) is 0 Å². The van der Waals surface area contributed by atoms with Crippen LogP contribution < -0.4 is 0 Å². The molecule has 0 bridgehead atoms. The third-order valence-electron chi connectivity index (χ3n) is 4.02. The molecule has 0 saturated heterocycles. The average Bonchev–Trinajstić information content (AvgIpc) is 3.20. The van der Waals surface area contributed by atoms with Crippen molar-refractivity contribution in [1.29, 1.82) is 0 Å². The molecule has 0 N–H and O–H groups in total. The Morgan fingerprint density at radius 2 is 2.16 bits per heavy atom. The first-order valence-corrected chi connectivity index (χ1v) is 10.3. The molecule has 6 heteroatoms. The number of amides is 1. The van der Waals surface area contributed by atoms with Gasteiger partial charge in [0.15, 0.2) is 5.76 Å². The van der Waals surface area contributed by atoms with E-state index in [4.69, 9.17) is 4.42 Å². The third kappa shape index (κ3) is 4.07. The van der Waals surface area contributed by atoms with Crippen LogP contribution in [-0.4, -0.2) is 29.4 Å². The molecule has 2 aromatic heterocycles. The van der Waals surface area contributed by atoms with Crippen LogP contribution in [0.1, 0.15) is 41.6 Å². The number of benzene rings is 1. The van der Waals surface area contributed by atoms with Crippen LogP contribution in [0.2, 0.25) is 0 Å². The molecule has 0 aliphatic heterocycles. The zero-order chi connectivity index (χ0) is 17.8. The number of thioether (sulfide) groups is 1. The summed E-state index contributed by atoms with van der Waals surface area (Å²) < 4.78 is 6.95. The van der Waals surface area contributed by atoms with Gasteiger partial charge in [-0.2, -0.15) is 0 Å². The highest BCUT2D eigenvalue weighted by Crippen LogP contribution is 2.33. The summed E-state index contributed by atoms with van der Waals surface area (Å²) in [7, 11) is 1.84. The number of aromatic nitrogens is 1. The fourth-order valence-corrected chi connectivity index (χ4v) is 4.49. The van der Waals surface area contributed by atoms with Crippen LogP contribution in [0.4, 0.5) is 0 Å². The number of carbonyl (C=O) groups excluding carboxylic acids is 1. The van der Waals surface area contributed by atoms with Crippen molar-refractivity contribution in [2.45, 2.75) is 36.8 Å². The minimum atomic E-state index is -0.0458. The lowest BCUT2D eigenvalue weighted by Crippen LogP contribution is -2.28. The van der Waals surface area contributed by atoms with Crippen LogP contribution in [0.15, 0.2) is 38.4 Å². The second-order valence-electron chi connectivity index (χ2n) is 6.03. The standard InChI is InChI=1S/C19H22N2O2S2/c1-4-5-10-21(3)18(22)17-15(12-25-19-20-13(2)11-24-19)14-8-6-7-9-16(14)23-17/h6-9,11H,4-5,10,12H2,1-3H3. The molecule has 0 fully saturated rings. The molecule has 0 saturated carbocycles. The van der Waals surface area contributed by atoms with Gasteiger partial charge in [-0.15, -0.1) is 11.3 Å². The predicted molar refractivity (Wildman–Crippen MR) is 104 cm³/mol. The van der Waals surface area contributed by atoms with Gasteiger partial charge in [0.25, 0.3) is 5.91 Å². The number of unbranched alkanes of at least 4 members (excludes halogenated alkanes) is 1. The summed E-state index contributed by atoms with van der Waals surface area (Å²) in [6, 6.07) is 7.85. The van der Waals surface area contributed by atoms with Crippen molar-refractivity contribution in [1.82, 2.24) is 9.88 Å². The summed E-state index contributed by atoms with van der Waals surface area (Å²) in [4.78, 5) is 19.1. The maximum absolute atomic E-state index is 12.9. The number of fused-ring (bicyclic) bond motifs is 1. The van der Waals surface area contributed by atoms with E-state index in [0.29, 0.717) is 11.5 Å². The molecule has 1 aromatic carbocycles. The summed E-state index contributed by atoms with van der Waals surface area (Å²) in [5.41, 5.74) is 2.75. The van der Waals surface area contributed by atoms with E-state index in [1.165, 1.54) is 0 Å². The summed E-state index contributed by atoms with van der Waals surface area (Å²) >= 11 is 3.29. The fraction of sp³-hybridized carbons (Fsp3) is 0.368. The van der Waals surface area contributed by atoms with Gasteiger partial charge in [0.2, 0.25) is 0 Å². The number of nitrogens with zero attached hydrogens (tertiary/aromatic N) is 2. The van der Waals surface area contributed by atoms with Gasteiger partial charge in [0.1, 0.15) is 9.92 Å². The fourth-order valence-electron chi connectivity index (χ4n) is 2.62. The highest BCUT2D eigenvalue weighted by atomic mass is 32.2. The Hall–Kier alpha value is -1.79. The van der Waals surface area contributed by atoms with E-state index in [0.717, 1.165) is 46.0 Å². The van der Waals surface area contributed by atoms with Crippen molar-refractivity contribution < 1.29 is 9.21 Å². The second-order valence-corrected chi connectivity index (χ2v) is 8.11. The summed E-state index contributed by atoms with van der Waals surface area (Å²) in [5.74, 6) is 1.09. The van der Waals surface area contributed by atoms with E-state index in [1.54, 1.807) is 28.0 Å². The lowest BCUT2D eigenvalue weighted by atomic mass is 10.1. The zero-order valence-corrected chi connectivity index (χ0v) is 16.4. The van der Waals surface area contributed by atoms with Gasteiger partial charge in [-0.1, -0.05) is 43.3 Å². The van der Waals surface area contributed by atoms with Gasteiger partial charge in [-0.25, -0.2) is 4.98 Å². The number of para-hydroxylation sites is 1. The van der Waals surface area contributed by atoms with Gasteiger partial charge >= 0.3 is 0 Å². The van der Waals surface area contributed by atoms with Gasteiger partial charge in [0, 0.05) is 41.4 Å². The lowest BCUT2D eigenvalue weighted by molar-refractivity contribution is 0.0763. The van der Waals surface area contributed by atoms with E-state index < -0.39 is 0 Å². The van der Waals surface area contributed by atoms with Crippen LogP contribution in [0, 0.1) is 6.92 Å². The molecule has 4 nitrogen and oxygen atoms in total. The van der Waals surface area contributed by atoms with Crippen molar-refractivity contribution in [3.8, 4) is 0 Å². The second kappa shape index (κ2) is 8.06. The Morgan fingerprint density at radius 3 is 2.88 bits per heavy atom. The minimum Gasteiger partial charge on any atom is -0.451 e. The molecule has 3 aromatic rings. The lowest BCUT2D eigenvalue weighted by Gasteiger charge is -2.15. The third-order valence-corrected chi connectivity index (χ3v) is 6.19. The Balaban J connectivity index is 1.90. The molecule has 25 heavy (non-hydrogen) atoms. The Kier molecular flexibility index (Phi) is 5.81. The molecule has 132 valence electrons. The number of furan rings is 1. The molecule has 0 radical (unpaired) electrons. The van der Waals surface area contributed by atoms with Gasteiger partial charge in [-0.05, 0) is 19.4 Å². The summed E-state index contributed by atoms with van der Waals surface area (Å²) in [6.07, 6.45) is 2.05. The van der Waals surface area contributed by atoms with Crippen molar-refractivity contribution in [3.05, 3.63) is 46.7 Å². The van der Waals surface area contributed by atoms with Crippen LogP contribution in [0.3, 0.4) is 0 Å². The highest BCUT2D eigenvalue weighted by molar-refractivity contribution is 8.00. The molecular weight excluding hydrogens is 352 g/mol. The normalized spacial score (nSPS) is 11.2. The molecule has 3 rings (SSSR count). The maximum Gasteiger partial charge on any atom is 0.289 e. The quantitative estimate of drug-likeness (QED) is 0.522. The van der Waals surface area contributed by atoms with Crippen LogP contribution >= 0.6 is 23.1 Å². The average molecular weight is 375 g/mol. The van der Waals surface area contributed by atoms with Crippen molar-refractivity contribution in [2.75, 3.05) is 13.6 Å². The topological polar surface area (TPSA) is 46.3 Å². The van der Waals surface area contributed by atoms with E-state index in [9.17, 15) is 4.79 Å². The van der Waals surface area contributed by atoms with Gasteiger partial charge < -0.3 is 9.32 Å². The molecule has 0 atom stereocenters. The molecule has 0 aliphatic rings. The van der Waals surface area contributed by atoms with Crippen molar-refractivity contribution in [3.63, 3.8) is 0 Å². The Labute approximate surface area is 156 Å². The number of thiazole rings is 1. The van der Waals surface area contributed by atoms with E-state index in [-0.39, 0.29) is 5.91 Å². The molecule has 0 unspecified atom stereocenters. The van der Waals surface area contributed by atoms with Crippen molar-refractivity contribution in [2.24, 2.45) is 0 Å². The number of rotatable bonds is 7. The van der Waals surface area contributed by atoms with Crippen LogP contribution in [0.25, 0.3) is 11.0 Å². The van der Waals surface area contributed by atoms with E-state index in [1.807, 2.05) is 43.6 Å². The van der Waals surface area contributed by atoms with E-state index in [2.05, 4.69) is 11.9 Å². The molecule has 0 spiro atoms. The first-order valence-electron chi connectivity index (χ1n) is 8.41. The monoisotopic (exact) mass is 374 g/mol. The number of hydrogen-bond donors (Lipinski definition) is 0. The predicted octanol–water partition coefficient (Wildman–Crippen LogP) is 5.36. The molecule has 1 amide bonds. The van der Waals surface area contributed by atoms with Gasteiger partial charge in [0.05, 0.1) is 0 Å². The minimum absolute atomic E-state index is 0.0458. The maximum atomic E-state index is 12.9. The van der Waals surface area contributed by atoms with Crippen molar-refractivity contribution >= 4 is 40.0 Å². The largest absolute Gasteiger partial charge is 0.451 e. The van der Waals surface area contributed by atoms with Crippen LogP contribution in [-0.2, 0) is 5.75 Å². The highest BCUT2D eigenvalue weighted by Gasteiger charge is 2.23. The number of carbonyl (C=O) groups is 1. The van der Waals surface area contributed by atoms with E-state index >= 15 is 0 Å². The Morgan fingerprint density at radius 1 is 1.36 bits per heavy atom. The van der Waals surface area contributed by atoms with Gasteiger partial charge in [-0.3, -0.25) is 4.79 Å². The molecule has 0 aliphatic carbocycles. The SMILES string of the molecule is CCCCN(C)C(=O)c1oc2ccccc2c1CSc1nc(C)cs1. The molecular formula is C19H22N2O2S2. The zero-order valence-electron chi connectivity index (χ0n) is 14.7. The smallest absolute Gasteiger partial charge is 0.289 e. The number of aryl methyl sites for hydroxylation is 1. The summed E-state index contributed by atoms with van der Waals surface area (Å²) in [6.45, 7) is 4.85.